The summed E-state index contributed by atoms with van der Waals surface area (Å²) in [5.41, 5.74) is 1.07. The van der Waals surface area contributed by atoms with Crippen LogP contribution < -0.4 is 10.2 Å². The van der Waals surface area contributed by atoms with Gasteiger partial charge in [-0.2, -0.15) is 0 Å². The first-order valence-corrected chi connectivity index (χ1v) is 6.78. The van der Waals surface area contributed by atoms with Gasteiger partial charge in [0.1, 0.15) is 5.82 Å². The van der Waals surface area contributed by atoms with Crippen molar-refractivity contribution >= 4 is 21.6 Å². The molecule has 1 aromatic rings. The molecule has 0 aromatic heterocycles. The summed E-state index contributed by atoms with van der Waals surface area (Å²) < 4.78 is 14.3. The summed E-state index contributed by atoms with van der Waals surface area (Å²) in [7, 11) is 0. The van der Waals surface area contributed by atoms with Gasteiger partial charge in [0, 0.05) is 29.6 Å². The number of hydrogen-bond donors (Lipinski definition) is 1. The van der Waals surface area contributed by atoms with Crippen LogP contribution in [0.2, 0.25) is 0 Å². The van der Waals surface area contributed by atoms with Crippen molar-refractivity contribution in [2.45, 2.75) is 25.8 Å². The summed E-state index contributed by atoms with van der Waals surface area (Å²) in [6, 6.07) is 4.86. The Morgan fingerprint density at radius 1 is 1.53 bits per heavy atom. The van der Waals surface area contributed by atoms with Gasteiger partial charge < -0.3 is 10.2 Å². The van der Waals surface area contributed by atoms with E-state index in [1.807, 2.05) is 0 Å². The Morgan fingerprint density at radius 3 is 3.00 bits per heavy atom. The molecule has 0 radical (unpaired) electrons. The van der Waals surface area contributed by atoms with Crippen LogP contribution in [-0.4, -0.2) is 25.2 Å². The first kappa shape index (κ1) is 12.8. The predicted octanol–water partition coefficient (Wildman–Crippen LogP) is 3.17. The van der Waals surface area contributed by atoms with Crippen molar-refractivity contribution in [1.82, 2.24) is 5.32 Å². The summed E-state index contributed by atoms with van der Waals surface area (Å²) in [5.74, 6) is -0.181. The minimum Gasteiger partial charge on any atom is -0.367 e. The van der Waals surface area contributed by atoms with Gasteiger partial charge in [-0.1, -0.05) is 6.92 Å². The van der Waals surface area contributed by atoms with Gasteiger partial charge in [0.2, 0.25) is 0 Å². The van der Waals surface area contributed by atoms with E-state index in [1.54, 1.807) is 12.1 Å². The van der Waals surface area contributed by atoms with E-state index < -0.39 is 0 Å². The van der Waals surface area contributed by atoms with Crippen molar-refractivity contribution in [3.63, 3.8) is 0 Å². The minimum atomic E-state index is -0.181. The second-order valence-electron chi connectivity index (χ2n) is 4.86. The molecule has 1 aliphatic rings. The van der Waals surface area contributed by atoms with Gasteiger partial charge in [-0.25, -0.2) is 4.39 Å². The summed E-state index contributed by atoms with van der Waals surface area (Å²) in [6.45, 7) is 7.15. The summed E-state index contributed by atoms with van der Waals surface area (Å²) in [5, 5.41) is 3.53. The molecule has 0 bridgehead atoms. The van der Waals surface area contributed by atoms with E-state index in [1.165, 1.54) is 6.07 Å². The van der Waals surface area contributed by atoms with Crippen molar-refractivity contribution in [3.8, 4) is 0 Å². The number of nitrogens with zero attached hydrogens (tertiary/aromatic N) is 1. The zero-order valence-corrected chi connectivity index (χ0v) is 11.8. The zero-order chi connectivity index (χ0) is 12.5. The molecule has 1 saturated heterocycles. The van der Waals surface area contributed by atoms with Gasteiger partial charge >= 0.3 is 0 Å². The Hall–Kier alpha value is -0.610. The predicted molar refractivity (Wildman–Crippen MR) is 73.0 cm³/mol. The monoisotopic (exact) mass is 300 g/mol. The molecule has 0 spiro atoms. The van der Waals surface area contributed by atoms with Gasteiger partial charge in [-0.3, -0.25) is 0 Å². The number of anilines is 1. The number of hydrogen-bond acceptors (Lipinski definition) is 2. The molecular formula is C13H18BrFN2. The van der Waals surface area contributed by atoms with Gasteiger partial charge in [0.05, 0.1) is 5.69 Å². The third-order valence-electron chi connectivity index (χ3n) is 3.50. The van der Waals surface area contributed by atoms with Crippen molar-refractivity contribution in [2.75, 3.05) is 24.5 Å². The van der Waals surface area contributed by atoms with Crippen LogP contribution >= 0.6 is 15.9 Å². The number of nitrogens with one attached hydrogen (secondary N) is 1. The van der Waals surface area contributed by atoms with Crippen molar-refractivity contribution in [2.24, 2.45) is 0 Å². The minimum absolute atomic E-state index is 0.115. The fourth-order valence-electron chi connectivity index (χ4n) is 2.22. The molecule has 2 nitrogen and oxygen atoms in total. The quantitative estimate of drug-likeness (QED) is 0.902. The van der Waals surface area contributed by atoms with E-state index in [0.29, 0.717) is 0 Å². The molecule has 2 rings (SSSR count). The van der Waals surface area contributed by atoms with Crippen LogP contribution in [0.5, 0.6) is 0 Å². The van der Waals surface area contributed by atoms with Gasteiger partial charge in [-0.15, -0.1) is 0 Å². The molecule has 1 unspecified atom stereocenters. The average molecular weight is 301 g/mol. The number of benzene rings is 1. The van der Waals surface area contributed by atoms with Crippen LogP contribution in [0.25, 0.3) is 0 Å². The van der Waals surface area contributed by atoms with Crippen molar-refractivity contribution in [1.29, 1.82) is 0 Å². The maximum Gasteiger partial charge on any atom is 0.125 e. The highest BCUT2D eigenvalue weighted by molar-refractivity contribution is 9.10. The Kier molecular flexibility index (Phi) is 3.73. The van der Waals surface area contributed by atoms with Crippen LogP contribution in [0.4, 0.5) is 10.1 Å². The number of halogens is 2. The molecule has 1 N–H and O–H groups in total. The molecule has 0 saturated carbocycles. The lowest BCUT2D eigenvalue weighted by Crippen LogP contribution is -2.58. The normalized spacial score (nSPS) is 25.1. The highest BCUT2D eigenvalue weighted by Gasteiger charge is 2.29. The Bertz CT molecular complexity index is 410. The van der Waals surface area contributed by atoms with E-state index in [9.17, 15) is 4.39 Å². The topological polar surface area (TPSA) is 15.3 Å². The van der Waals surface area contributed by atoms with Crippen molar-refractivity contribution in [3.05, 3.63) is 28.5 Å². The van der Waals surface area contributed by atoms with Gasteiger partial charge in [0.25, 0.3) is 0 Å². The van der Waals surface area contributed by atoms with E-state index >= 15 is 0 Å². The SMILES string of the molecule is CCC1(C)CN(c2cc(F)ccc2Br)CCN1. The average Bonchev–Trinajstić information content (AvgIpc) is 2.32. The van der Waals surface area contributed by atoms with E-state index in [0.717, 1.165) is 36.2 Å². The van der Waals surface area contributed by atoms with Crippen LogP contribution in [0.1, 0.15) is 20.3 Å². The van der Waals surface area contributed by atoms with Gasteiger partial charge in [0.15, 0.2) is 0 Å². The molecule has 1 aromatic carbocycles. The molecule has 0 aliphatic carbocycles. The lowest BCUT2D eigenvalue weighted by molar-refractivity contribution is 0.314. The molecular weight excluding hydrogens is 283 g/mol. The highest BCUT2D eigenvalue weighted by atomic mass is 79.9. The molecule has 0 amide bonds. The van der Waals surface area contributed by atoms with E-state index in [2.05, 4.69) is 40.0 Å². The molecule has 1 heterocycles. The fourth-order valence-corrected chi connectivity index (χ4v) is 2.72. The Labute approximate surface area is 110 Å². The Morgan fingerprint density at radius 2 is 2.29 bits per heavy atom. The van der Waals surface area contributed by atoms with Crippen LogP contribution in [0.3, 0.4) is 0 Å². The molecule has 1 aliphatic heterocycles. The fraction of sp³-hybridized carbons (Fsp3) is 0.538. The summed E-state index contributed by atoms with van der Waals surface area (Å²) >= 11 is 3.50. The summed E-state index contributed by atoms with van der Waals surface area (Å²) in [4.78, 5) is 2.24. The first-order valence-electron chi connectivity index (χ1n) is 5.99. The second kappa shape index (κ2) is 4.94. The lowest BCUT2D eigenvalue weighted by Gasteiger charge is -2.42. The van der Waals surface area contributed by atoms with Crippen molar-refractivity contribution < 1.29 is 4.39 Å². The maximum absolute atomic E-state index is 13.3. The summed E-state index contributed by atoms with van der Waals surface area (Å²) in [6.07, 6.45) is 1.07. The van der Waals surface area contributed by atoms with Crippen LogP contribution in [-0.2, 0) is 0 Å². The molecule has 1 atom stereocenters. The largest absolute Gasteiger partial charge is 0.367 e. The third-order valence-corrected chi connectivity index (χ3v) is 4.17. The number of rotatable bonds is 2. The second-order valence-corrected chi connectivity index (χ2v) is 5.71. The molecule has 1 fully saturated rings. The standard InChI is InChI=1S/C13H18BrFN2/c1-3-13(2)9-17(7-6-16-13)12-8-10(15)4-5-11(12)14/h4-5,8,16H,3,6-7,9H2,1-2H3. The molecule has 4 heteroatoms. The first-order chi connectivity index (χ1) is 8.04. The smallest absolute Gasteiger partial charge is 0.125 e. The van der Waals surface area contributed by atoms with Crippen LogP contribution in [0, 0.1) is 5.82 Å². The molecule has 17 heavy (non-hydrogen) atoms. The van der Waals surface area contributed by atoms with Crippen LogP contribution in [0.15, 0.2) is 22.7 Å². The lowest BCUT2D eigenvalue weighted by atomic mass is 9.95. The molecule has 94 valence electrons. The number of piperazine rings is 1. The van der Waals surface area contributed by atoms with Gasteiger partial charge in [-0.05, 0) is 47.5 Å². The highest BCUT2D eigenvalue weighted by Crippen LogP contribution is 2.29. The third kappa shape index (κ3) is 2.80. The van der Waals surface area contributed by atoms with E-state index in [-0.39, 0.29) is 11.4 Å². The zero-order valence-electron chi connectivity index (χ0n) is 10.3. The maximum atomic E-state index is 13.3. The Balaban J connectivity index is 2.24. The van der Waals surface area contributed by atoms with E-state index in [4.69, 9.17) is 0 Å².